The molecular formula is C38H49F2N7O6. The van der Waals surface area contributed by atoms with E-state index >= 15 is 0 Å². The Morgan fingerprint density at radius 1 is 0.981 bits per heavy atom. The molecule has 0 saturated carbocycles. The summed E-state index contributed by atoms with van der Waals surface area (Å²) >= 11 is 0. The number of rotatable bonds is 4. The van der Waals surface area contributed by atoms with Gasteiger partial charge in [0.25, 0.3) is 5.91 Å². The van der Waals surface area contributed by atoms with Crippen molar-refractivity contribution in [2.75, 3.05) is 20.1 Å². The van der Waals surface area contributed by atoms with E-state index in [4.69, 9.17) is 4.74 Å². The summed E-state index contributed by atoms with van der Waals surface area (Å²) in [6.07, 6.45) is 5.08. The summed E-state index contributed by atoms with van der Waals surface area (Å²) < 4.78 is 36.1. The van der Waals surface area contributed by atoms with E-state index in [1.54, 1.807) is 16.9 Å². The molecule has 2 aliphatic heterocycles. The number of ether oxygens (including phenoxy) is 1. The third-order valence-corrected chi connectivity index (χ3v) is 9.61. The van der Waals surface area contributed by atoms with Gasteiger partial charge in [0.1, 0.15) is 47.8 Å². The highest BCUT2D eigenvalue weighted by atomic mass is 19.1. The van der Waals surface area contributed by atoms with Crippen LogP contribution in [0.2, 0.25) is 0 Å². The van der Waals surface area contributed by atoms with Crippen LogP contribution < -0.4 is 15.4 Å². The van der Waals surface area contributed by atoms with Gasteiger partial charge in [-0.25, -0.2) is 8.78 Å². The van der Waals surface area contributed by atoms with E-state index < -0.39 is 59.5 Å². The highest BCUT2D eigenvalue weighted by Crippen LogP contribution is 2.26. The van der Waals surface area contributed by atoms with Crippen LogP contribution in [-0.4, -0.2) is 97.9 Å². The van der Waals surface area contributed by atoms with Crippen molar-refractivity contribution in [1.29, 1.82) is 0 Å². The number of carbonyl (C=O) groups excluding carboxylic acids is 4. The summed E-state index contributed by atoms with van der Waals surface area (Å²) in [6.45, 7) is 4.51. The molecule has 4 atom stereocenters. The van der Waals surface area contributed by atoms with Crippen molar-refractivity contribution in [3.8, 4) is 5.75 Å². The zero-order valence-corrected chi connectivity index (χ0v) is 30.5. The molecule has 2 aromatic carbocycles. The van der Waals surface area contributed by atoms with E-state index in [1.807, 2.05) is 13.8 Å². The van der Waals surface area contributed by atoms with Gasteiger partial charge in [0.05, 0.1) is 17.9 Å². The maximum absolute atomic E-state index is 14.4. The van der Waals surface area contributed by atoms with Crippen LogP contribution in [0.4, 0.5) is 8.78 Å². The van der Waals surface area contributed by atoms with Gasteiger partial charge in [0, 0.05) is 45.6 Å². The molecule has 3 aromatic rings. The fourth-order valence-electron chi connectivity index (χ4n) is 6.83. The number of carbonyl (C=O) groups is 4. The standard InChI is InChI=1S/C38H49F2N7O6/c1-24(2)16-31-37(51)47-22-29(48)20-33(47)38(52)45(3)32(18-25-10-9-11-26(39)17-25)36(50)41-14-7-5-4-6-8-15-46-21-28(43-44-46)23-53-34-19-27(40)12-13-30(34)35(49)42-31/h9-13,17,19,21,24,29,31-33,48H,4-8,14-16,18,20,22-23H2,1-3H3,(H,41,50)(H,42,49)/t29-,31+,32-,33+/m0/s1. The summed E-state index contributed by atoms with van der Waals surface area (Å²) in [5, 5.41) is 24.8. The predicted molar refractivity (Wildman–Crippen MR) is 190 cm³/mol. The smallest absolute Gasteiger partial charge is 0.255 e. The number of aliphatic hydroxyl groups excluding tert-OH is 1. The Balaban J connectivity index is 1.44. The molecule has 15 heteroatoms. The minimum absolute atomic E-state index is 0.00844. The normalized spacial score (nSPS) is 23.0. The zero-order valence-electron chi connectivity index (χ0n) is 30.5. The average molecular weight is 738 g/mol. The van der Waals surface area contributed by atoms with Crippen molar-refractivity contribution in [1.82, 2.24) is 35.4 Å². The van der Waals surface area contributed by atoms with E-state index in [9.17, 15) is 33.1 Å². The second kappa shape index (κ2) is 18.2. The van der Waals surface area contributed by atoms with Crippen LogP contribution in [0.25, 0.3) is 0 Å². The molecule has 1 aromatic heterocycles. The molecule has 286 valence electrons. The van der Waals surface area contributed by atoms with E-state index in [0.29, 0.717) is 30.8 Å². The van der Waals surface area contributed by atoms with Gasteiger partial charge in [-0.05, 0) is 55.0 Å². The molecule has 1 saturated heterocycles. The second-order valence-corrected chi connectivity index (χ2v) is 14.3. The van der Waals surface area contributed by atoms with E-state index in [-0.39, 0.29) is 49.6 Å². The number of hydrogen-bond acceptors (Lipinski definition) is 8. The van der Waals surface area contributed by atoms with Gasteiger partial charge in [-0.3, -0.25) is 23.9 Å². The highest BCUT2D eigenvalue weighted by Gasteiger charge is 2.44. The maximum Gasteiger partial charge on any atom is 0.255 e. The molecule has 0 aliphatic carbocycles. The van der Waals surface area contributed by atoms with Gasteiger partial charge in [0.2, 0.25) is 17.7 Å². The Morgan fingerprint density at radius 3 is 2.51 bits per heavy atom. The van der Waals surface area contributed by atoms with Crippen molar-refractivity contribution >= 4 is 23.6 Å². The van der Waals surface area contributed by atoms with Crippen molar-refractivity contribution in [2.24, 2.45) is 5.92 Å². The lowest BCUT2D eigenvalue weighted by molar-refractivity contribution is -0.147. The lowest BCUT2D eigenvalue weighted by atomic mass is 10.0. The first-order chi connectivity index (χ1) is 25.4. The molecule has 0 unspecified atom stereocenters. The second-order valence-electron chi connectivity index (χ2n) is 14.3. The first kappa shape index (κ1) is 39.3. The molecule has 2 aliphatic rings. The number of nitrogens with zero attached hydrogens (tertiary/aromatic N) is 5. The van der Waals surface area contributed by atoms with Crippen LogP contribution >= 0.6 is 0 Å². The fourth-order valence-corrected chi connectivity index (χ4v) is 6.83. The molecule has 3 heterocycles. The van der Waals surface area contributed by atoms with Crippen LogP contribution in [0.1, 0.15) is 80.4 Å². The first-order valence-electron chi connectivity index (χ1n) is 18.3. The Labute approximate surface area is 308 Å². The summed E-state index contributed by atoms with van der Waals surface area (Å²) in [5.41, 5.74) is 0.987. The number of likely N-dealkylation sites (N-methyl/N-ethyl adjacent to an activating group) is 1. The van der Waals surface area contributed by atoms with Crippen LogP contribution in [0.3, 0.4) is 0 Å². The minimum Gasteiger partial charge on any atom is -0.486 e. The number of aryl methyl sites for hydroxylation is 1. The maximum atomic E-state index is 14.4. The summed E-state index contributed by atoms with van der Waals surface area (Å²) in [7, 11) is 1.47. The number of halogens is 2. The molecule has 2 bridgehead atoms. The van der Waals surface area contributed by atoms with E-state index in [2.05, 4.69) is 20.9 Å². The highest BCUT2D eigenvalue weighted by molar-refractivity contribution is 6.00. The van der Waals surface area contributed by atoms with Gasteiger partial charge in [0.15, 0.2) is 0 Å². The van der Waals surface area contributed by atoms with Gasteiger partial charge in [-0.15, -0.1) is 5.10 Å². The number of amides is 4. The first-order valence-corrected chi connectivity index (χ1v) is 18.3. The van der Waals surface area contributed by atoms with Crippen molar-refractivity contribution in [2.45, 2.75) is 103 Å². The topological polar surface area (TPSA) is 159 Å². The van der Waals surface area contributed by atoms with Crippen molar-refractivity contribution in [3.05, 3.63) is 77.1 Å². The van der Waals surface area contributed by atoms with E-state index in [0.717, 1.165) is 37.8 Å². The third kappa shape index (κ3) is 10.6. The summed E-state index contributed by atoms with van der Waals surface area (Å²) in [6, 6.07) is 6.00. The molecule has 1 fully saturated rings. The van der Waals surface area contributed by atoms with Gasteiger partial charge >= 0.3 is 0 Å². The number of aromatic nitrogens is 3. The van der Waals surface area contributed by atoms with Crippen LogP contribution in [0.5, 0.6) is 5.75 Å². The zero-order chi connectivity index (χ0) is 38.1. The Hall–Kier alpha value is -4.92. The Kier molecular flexibility index (Phi) is 13.5. The molecule has 0 radical (unpaired) electrons. The lowest BCUT2D eigenvalue weighted by Gasteiger charge is -2.34. The molecule has 4 amide bonds. The molecule has 5 rings (SSSR count). The van der Waals surface area contributed by atoms with Gasteiger partial charge in [-0.1, -0.05) is 50.5 Å². The molecule has 13 nitrogen and oxygen atoms in total. The van der Waals surface area contributed by atoms with Crippen molar-refractivity contribution < 1.29 is 37.8 Å². The van der Waals surface area contributed by atoms with Gasteiger partial charge < -0.3 is 30.3 Å². The van der Waals surface area contributed by atoms with Crippen LogP contribution in [0, 0.1) is 17.6 Å². The third-order valence-electron chi connectivity index (χ3n) is 9.61. The number of hydrogen-bond donors (Lipinski definition) is 3. The van der Waals surface area contributed by atoms with Crippen LogP contribution in [0.15, 0.2) is 48.7 Å². The largest absolute Gasteiger partial charge is 0.486 e. The quantitative estimate of drug-likeness (QED) is 0.368. The van der Waals surface area contributed by atoms with Crippen molar-refractivity contribution in [3.63, 3.8) is 0 Å². The SMILES string of the molecule is CC(C)C[C@H]1NC(=O)c2ccc(F)cc2OCc2cn(nn2)CCCCCCCNC(=O)[C@H](Cc2cccc(F)c2)N(C)C(=O)[C@H]2C[C@H](O)CN2C1=O. The molecule has 53 heavy (non-hydrogen) atoms. The molecule has 0 spiro atoms. The summed E-state index contributed by atoms with van der Waals surface area (Å²) in [4.78, 5) is 58.4. The van der Waals surface area contributed by atoms with E-state index in [1.165, 1.54) is 41.1 Å². The Morgan fingerprint density at radius 2 is 1.74 bits per heavy atom. The monoisotopic (exact) mass is 737 g/mol. The Bertz CT molecular complexity index is 1750. The fraction of sp³-hybridized carbons (Fsp3) is 0.526. The van der Waals surface area contributed by atoms with Gasteiger partial charge in [-0.2, -0.15) is 0 Å². The molecule has 3 N–H and O–H groups in total. The van der Waals surface area contributed by atoms with Crippen LogP contribution in [-0.2, 0) is 34.0 Å². The number of nitrogens with one attached hydrogen (secondary N) is 2. The predicted octanol–water partition coefficient (Wildman–Crippen LogP) is 3.39. The average Bonchev–Trinajstić information content (AvgIpc) is 3.75. The number of aliphatic hydroxyl groups is 1. The lowest BCUT2D eigenvalue weighted by Crippen LogP contribution is -2.57. The minimum atomic E-state index is -1.13. The summed E-state index contributed by atoms with van der Waals surface area (Å²) in [5.74, 6) is -3.50. The number of benzene rings is 2. The number of fused-ring (bicyclic) bond motifs is 4. The molecular weight excluding hydrogens is 688 g/mol.